The largest absolute Gasteiger partial charge is 0.440 e. The summed E-state index contributed by atoms with van der Waals surface area (Å²) in [6.45, 7) is 0. The summed E-state index contributed by atoms with van der Waals surface area (Å²) in [7, 11) is 0. The first-order valence-electron chi connectivity index (χ1n) is 0.756. The van der Waals surface area contributed by atoms with E-state index in [1.165, 1.54) is 0 Å². The van der Waals surface area contributed by atoms with Gasteiger partial charge in [0.15, 0.2) is 0 Å². The third-order valence-electron chi connectivity index (χ3n) is 0. The van der Waals surface area contributed by atoms with Gasteiger partial charge in [0.25, 0.3) is 0 Å². The first-order chi connectivity index (χ1) is 2.00. The van der Waals surface area contributed by atoms with Crippen molar-refractivity contribution in [3.05, 3.63) is 0 Å². The average Bonchev–Trinajstić information content (AvgIpc) is 0.722. The monoisotopic (exact) mass is 348 g/mol. The van der Waals surface area contributed by atoms with Crippen molar-refractivity contribution in [2.45, 2.75) is 0 Å². The summed E-state index contributed by atoms with van der Waals surface area (Å²) in [6, 6.07) is 0. The van der Waals surface area contributed by atoms with Crippen molar-refractivity contribution in [1.29, 1.82) is 0 Å². The van der Waals surface area contributed by atoms with Crippen LogP contribution in [0.1, 0.15) is 0 Å². The Morgan fingerprint density at radius 3 is 0.833 bits per heavy atom. The fourth-order valence-electron chi connectivity index (χ4n) is 0. The Balaban J connectivity index is 0. The molecule has 0 aromatic rings. The number of hydrogen-bond donors (Lipinski definition) is 0. The Morgan fingerprint density at radius 1 is 0.833 bits per heavy atom. The zero-order valence-electron chi connectivity index (χ0n) is 2.51. The molecule has 0 rings (SSSR count). The van der Waals surface area contributed by atoms with Crippen LogP contribution in [0.25, 0.3) is 0 Å². The van der Waals surface area contributed by atoms with E-state index in [1.54, 1.807) is 0 Å². The van der Waals surface area contributed by atoms with Crippen molar-refractivity contribution in [2.75, 3.05) is 0 Å². The average molecular weight is 348 g/mol. The fraction of sp³-hybridized carbons (Fsp3) is 0. The fourth-order valence-corrected chi connectivity index (χ4v) is 0. The van der Waals surface area contributed by atoms with E-state index in [0.29, 0.717) is 0 Å². The molecule has 0 saturated heterocycles. The molecule has 0 aliphatic heterocycles. The molecule has 0 amide bonds. The van der Waals surface area contributed by atoms with Gasteiger partial charge in [0.1, 0.15) is 0 Å². The van der Waals surface area contributed by atoms with E-state index in [0.717, 1.165) is 0 Å². The van der Waals surface area contributed by atoms with E-state index in [1.807, 2.05) is 0 Å². The van der Waals surface area contributed by atoms with Crippen LogP contribution in [-0.2, 0) is 25.8 Å². The van der Waals surface area contributed by atoms with Gasteiger partial charge in [0, 0.05) is 25.8 Å². The van der Waals surface area contributed by atoms with E-state index in [9.17, 15) is 0 Å². The van der Waals surface area contributed by atoms with Gasteiger partial charge in [-0.25, -0.2) is 0 Å². The molecule has 0 fully saturated rings. The standard InChI is InChI=1S/Cl4Si.Hf/c1-5(2,3)4;. The maximum absolute atomic E-state index is 4.97. The Kier molecular flexibility index (Phi) is 7.69. The molecular formula is Cl4HfSi. The molecule has 0 bridgehead atoms. The third kappa shape index (κ3) is 34.1. The molecule has 0 N–H and O–H groups in total. The van der Waals surface area contributed by atoms with Crippen LogP contribution in [0.5, 0.6) is 0 Å². The van der Waals surface area contributed by atoms with E-state index in [-0.39, 0.29) is 25.8 Å². The van der Waals surface area contributed by atoms with Crippen LogP contribution >= 0.6 is 44.3 Å². The maximum Gasteiger partial charge on any atom is 0.440 e. The van der Waals surface area contributed by atoms with Crippen molar-refractivity contribution in [3.63, 3.8) is 0 Å². The summed E-state index contributed by atoms with van der Waals surface area (Å²) in [6.07, 6.45) is 0. The molecule has 0 unspecified atom stereocenters. The van der Waals surface area contributed by atoms with Gasteiger partial charge in [-0.05, 0) is 0 Å². The summed E-state index contributed by atoms with van der Waals surface area (Å²) < 4.78 is 0. The number of rotatable bonds is 0. The van der Waals surface area contributed by atoms with Gasteiger partial charge in [0.05, 0.1) is 0 Å². The normalized spacial score (nSPS) is 10.0. The zero-order chi connectivity index (χ0) is 4.50. The van der Waals surface area contributed by atoms with Crippen LogP contribution in [0.15, 0.2) is 0 Å². The van der Waals surface area contributed by atoms with E-state index < -0.39 is 5.31 Å². The van der Waals surface area contributed by atoms with Crippen molar-refractivity contribution in [2.24, 2.45) is 0 Å². The molecule has 0 nitrogen and oxygen atoms in total. The maximum atomic E-state index is 4.97. The minimum Gasteiger partial charge on any atom is -0.110 e. The zero-order valence-corrected chi connectivity index (χ0v) is 10.1. The van der Waals surface area contributed by atoms with Gasteiger partial charge in [-0.2, -0.15) is 0 Å². The minimum absolute atomic E-state index is 0. The predicted molar refractivity (Wildman–Crippen MR) is 29.2 cm³/mol. The molecule has 36 valence electrons. The molecule has 6 heteroatoms. The van der Waals surface area contributed by atoms with E-state index >= 15 is 0 Å². The van der Waals surface area contributed by atoms with Crippen molar-refractivity contribution < 1.29 is 25.8 Å². The molecule has 0 aliphatic rings. The van der Waals surface area contributed by atoms with Gasteiger partial charge in [0.2, 0.25) is 0 Å². The van der Waals surface area contributed by atoms with E-state index in [2.05, 4.69) is 0 Å². The predicted octanol–water partition coefficient (Wildman–Crippen LogP) is 2.37. The van der Waals surface area contributed by atoms with Gasteiger partial charge in [-0.15, -0.1) is 44.3 Å². The summed E-state index contributed by atoms with van der Waals surface area (Å²) in [5.74, 6) is 0. The molecule has 0 aliphatic carbocycles. The molecule has 0 heterocycles. The van der Waals surface area contributed by atoms with Gasteiger partial charge in [-0.3, -0.25) is 0 Å². The smallest absolute Gasteiger partial charge is 0.110 e. The summed E-state index contributed by atoms with van der Waals surface area (Å²) in [5.41, 5.74) is 0. The van der Waals surface area contributed by atoms with Crippen molar-refractivity contribution >= 4 is 49.6 Å². The molecular weight excluding hydrogens is 348 g/mol. The summed E-state index contributed by atoms with van der Waals surface area (Å²) in [4.78, 5) is 0. The first-order valence-corrected chi connectivity index (χ1v) is 6.80. The molecule has 0 aromatic carbocycles. The molecule has 0 saturated carbocycles. The van der Waals surface area contributed by atoms with Crippen LogP contribution in [-0.4, -0.2) is 5.31 Å². The van der Waals surface area contributed by atoms with E-state index in [4.69, 9.17) is 44.3 Å². The Morgan fingerprint density at radius 2 is 0.833 bits per heavy atom. The SMILES string of the molecule is Cl[Si](Cl)(Cl)Cl.[Hf]. The number of hydrogen-bond acceptors (Lipinski definition) is 0. The second kappa shape index (κ2) is 4.16. The second-order valence-electron chi connectivity index (χ2n) is 0.429. The number of halogens is 4. The van der Waals surface area contributed by atoms with Gasteiger partial charge < -0.3 is 0 Å². The van der Waals surface area contributed by atoms with Crippen LogP contribution in [0.3, 0.4) is 0 Å². The Bertz CT molecular complexity index is 23.0. The molecule has 0 radical (unpaired) electrons. The quantitative estimate of drug-likeness (QED) is 0.466. The van der Waals surface area contributed by atoms with Crippen LogP contribution in [0.2, 0.25) is 0 Å². The second-order valence-corrected chi connectivity index (χ2v) is 11.6. The third-order valence-corrected chi connectivity index (χ3v) is 0. The van der Waals surface area contributed by atoms with Crippen LogP contribution in [0, 0.1) is 0 Å². The Hall–Kier alpha value is 2.25. The molecule has 0 spiro atoms. The molecule has 6 heavy (non-hydrogen) atoms. The topological polar surface area (TPSA) is 0 Å². The molecule has 0 atom stereocenters. The molecule has 0 aromatic heterocycles. The van der Waals surface area contributed by atoms with Gasteiger partial charge in [-0.1, -0.05) is 0 Å². The van der Waals surface area contributed by atoms with Gasteiger partial charge >= 0.3 is 5.31 Å². The summed E-state index contributed by atoms with van der Waals surface area (Å²) >= 11 is 19.9. The van der Waals surface area contributed by atoms with Crippen molar-refractivity contribution in [3.8, 4) is 0 Å². The summed E-state index contributed by atoms with van der Waals surface area (Å²) in [5, 5.41) is -2.72. The Labute approximate surface area is 74.7 Å². The van der Waals surface area contributed by atoms with Crippen molar-refractivity contribution in [1.82, 2.24) is 0 Å². The van der Waals surface area contributed by atoms with Crippen LogP contribution in [0.4, 0.5) is 0 Å². The minimum atomic E-state index is -2.72. The first kappa shape index (κ1) is 11.1. The van der Waals surface area contributed by atoms with Crippen LogP contribution < -0.4 is 0 Å².